The molecule has 2 aliphatic heterocycles. The van der Waals surface area contributed by atoms with Gasteiger partial charge in [0.15, 0.2) is 5.79 Å². The highest BCUT2D eigenvalue weighted by Crippen LogP contribution is 2.31. The summed E-state index contributed by atoms with van der Waals surface area (Å²) in [5.41, 5.74) is 1.17. The first-order valence-electron chi connectivity index (χ1n) is 8.53. The minimum Gasteiger partial charge on any atom is -0.355 e. The topological polar surface area (TPSA) is 67.9 Å². The number of piperidine rings is 1. The number of carbonyl (C=O) groups is 2. The maximum absolute atomic E-state index is 12.2. The second-order valence-electron chi connectivity index (χ2n) is 6.25. The molecule has 1 N–H and O–H groups in total. The lowest BCUT2D eigenvalue weighted by atomic mass is 10.0. The number of nitrogens with one attached hydrogen (secondary N) is 1. The fraction of sp³-hybridized carbons (Fsp3) is 0.556. The standard InChI is InChI=1S/C18H24N2O4/c21-16(19-9-6-15-4-2-1-3-5-15)14-17(22)20-10-7-18(8-11-20)23-12-13-24-18/h1-5H,6-14H2,(H,19,21). The number of nitrogens with zero attached hydrogens (tertiary/aromatic N) is 1. The first kappa shape index (κ1) is 16.9. The number of ether oxygens (including phenoxy) is 2. The van der Waals surface area contributed by atoms with E-state index in [4.69, 9.17) is 9.47 Å². The van der Waals surface area contributed by atoms with Crippen LogP contribution in [0.25, 0.3) is 0 Å². The predicted octanol–water partition coefficient (Wildman–Crippen LogP) is 1.10. The maximum Gasteiger partial charge on any atom is 0.232 e. The zero-order chi connectivity index (χ0) is 16.8. The van der Waals surface area contributed by atoms with Crippen LogP contribution in [0.1, 0.15) is 24.8 Å². The summed E-state index contributed by atoms with van der Waals surface area (Å²) in [6.45, 7) is 2.95. The minimum absolute atomic E-state index is 0.0937. The molecule has 0 atom stereocenters. The molecule has 1 aromatic carbocycles. The average molecular weight is 332 g/mol. The minimum atomic E-state index is -0.491. The van der Waals surface area contributed by atoms with Gasteiger partial charge in [-0.25, -0.2) is 0 Å². The van der Waals surface area contributed by atoms with Crippen molar-refractivity contribution in [3.05, 3.63) is 35.9 Å². The van der Waals surface area contributed by atoms with Crippen LogP contribution >= 0.6 is 0 Å². The van der Waals surface area contributed by atoms with Crippen molar-refractivity contribution in [3.63, 3.8) is 0 Å². The molecule has 1 spiro atoms. The van der Waals surface area contributed by atoms with Gasteiger partial charge < -0.3 is 19.7 Å². The van der Waals surface area contributed by atoms with Crippen molar-refractivity contribution in [2.45, 2.75) is 31.5 Å². The van der Waals surface area contributed by atoms with Crippen LogP contribution in [0.5, 0.6) is 0 Å². The number of hydrogen-bond donors (Lipinski definition) is 1. The Labute approximate surface area is 142 Å². The summed E-state index contributed by atoms with van der Waals surface area (Å²) in [7, 11) is 0. The van der Waals surface area contributed by atoms with Gasteiger partial charge in [0.1, 0.15) is 6.42 Å². The van der Waals surface area contributed by atoms with E-state index in [1.807, 2.05) is 30.3 Å². The van der Waals surface area contributed by atoms with Crippen molar-refractivity contribution in [2.24, 2.45) is 0 Å². The second kappa shape index (κ2) is 7.77. The molecule has 2 aliphatic rings. The fourth-order valence-electron chi connectivity index (χ4n) is 3.19. The molecule has 1 aromatic rings. The Morgan fingerprint density at radius 2 is 1.75 bits per heavy atom. The van der Waals surface area contributed by atoms with Gasteiger partial charge in [-0.3, -0.25) is 9.59 Å². The third-order valence-corrected chi connectivity index (χ3v) is 4.58. The summed E-state index contributed by atoms with van der Waals surface area (Å²) in [4.78, 5) is 25.9. The monoisotopic (exact) mass is 332 g/mol. The first-order chi connectivity index (χ1) is 11.7. The lowest BCUT2D eigenvalue weighted by Crippen LogP contribution is -2.48. The van der Waals surface area contributed by atoms with Gasteiger partial charge >= 0.3 is 0 Å². The SMILES string of the molecule is O=C(CC(=O)N1CCC2(CC1)OCCO2)NCCc1ccccc1. The van der Waals surface area contributed by atoms with E-state index in [2.05, 4.69) is 5.32 Å². The smallest absolute Gasteiger partial charge is 0.232 e. The van der Waals surface area contributed by atoms with Crippen LogP contribution in [-0.2, 0) is 25.5 Å². The van der Waals surface area contributed by atoms with Gasteiger partial charge in [0.05, 0.1) is 13.2 Å². The zero-order valence-electron chi connectivity index (χ0n) is 13.8. The van der Waals surface area contributed by atoms with E-state index in [0.29, 0.717) is 45.7 Å². The second-order valence-corrected chi connectivity index (χ2v) is 6.25. The average Bonchev–Trinajstić information content (AvgIpc) is 3.04. The Morgan fingerprint density at radius 1 is 1.08 bits per heavy atom. The molecule has 2 heterocycles. The molecule has 0 radical (unpaired) electrons. The number of hydrogen-bond acceptors (Lipinski definition) is 4. The van der Waals surface area contributed by atoms with E-state index in [1.165, 1.54) is 5.56 Å². The summed E-state index contributed by atoms with van der Waals surface area (Å²) < 4.78 is 11.3. The van der Waals surface area contributed by atoms with Crippen molar-refractivity contribution in [1.29, 1.82) is 0 Å². The highest BCUT2D eigenvalue weighted by molar-refractivity contribution is 5.96. The van der Waals surface area contributed by atoms with Gasteiger partial charge in [0.2, 0.25) is 11.8 Å². The Morgan fingerprint density at radius 3 is 2.42 bits per heavy atom. The van der Waals surface area contributed by atoms with Crippen molar-refractivity contribution in [3.8, 4) is 0 Å². The van der Waals surface area contributed by atoms with Gasteiger partial charge in [-0.1, -0.05) is 30.3 Å². The molecular weight excluding hydrogens is 308 g/mol. The summed E-state index contributed by atoms with van der Waals surface area (Å²) in [6.07, 6.45) is 2.02. The van der Waals surface area contributed by atoms with Crippen LogP contribution in [0, 0.1) is 0 Å². The summed E-state index contributed by atoms with van der Waals surface area (Å²) in [6, 6.07) is 9.95. The van der Waals surface area contributed by atoms with Gasteiger partial charge in [-0.15, -0.1) is 0 Å². The van der Waals surface area contributed by atoms with E-state index < -0.39 is 5.79 Å². The normalized spacial score (nSPS) is 19.4. The number of likely N-dealkylation sites (tertiary alicyclic amines) is 1. The summed E-state index contributed by atoms with van der Waals surface area (Å²) >= 11 is 0. The lowest BCUT2D eigenvalue weighted by Gasteiger charge is -2.37. The number of carbonyl (C=O) groups excluding carboxylic acids is 2. The van der Waals surface area contributed by atoms with Crippen molar-refractivity contribution >= 4 is 11.8 Å². The van der Waals surface area contributed by atoms with Gasteiger partial charge in [-0.2, -0.15) is 0 Å². The van der Waals surface area contributed by atoms with Gasteiger partial charge in [0, 0.05) is 32.5 Å². The van der Waals surface area contributed by atoms with Crippen molar-refractivity contribution in [2.75, 3.05) is 32.8 Å². The molecule has 6 heteroatoms. The molecule has 2 saturated heterocycles. The van der Waals surface area contributed by atoms with E-state index in [0.717, 1.165) is 6.42 Å². The Bertz CT molecular complexity index is 560. The molecule has 0 aliphatic carbocycles. The third-order valence-electron chi connectivity index (χ3n) is 4.58. The molecule has 2 amide bonds. The molecule has 0 aromatic heterocycles. The highest BCUT2D eigenvalue weighted by atomic mass is 16.7. The molecule has 0 unspecified atom stereocenters. The van der Waals surface area contributed by atoms with E-state index in [9.17, 15) is 9.59 Å². The van der Waals surface area contributed by atoms with Gasteiger partial charge in [0.25, 0.3) is 0 Å². The zero-order valence-corrected chi connectivity index (χ0v) is 13.8. The fourth-order valence-corrected chi connectivity index (χ4v) is 3.19. The quantitative estimate of drug-likeness (QED) is 0.820. The van der Waals surface area contributed by atoms with Crippen LogP contribution in [0.15, 0.2) is 30.3 Å². The Kier molecular flexibility index (Phi) is 5.48. The molecular formula is C18H24N2O4. The lowest BCUT2D eigenvalue weighted by molar-refractivity contribution is -0.187. The molecule has 24 heavy (non-hydrogen) atoms. The molecule has 6 nitrogen and oxygen atoms in total. The largest absolute Gasteiger partial charge is 0.355 e. The predicted molar refractivity (Wildman–Crippen MR) is 88.2 cm³/mol. The number of amides is 2. The summed E-state index contributed by atoms with van der Waals surface area (Å²) in [5, 5.41) is 2.81. The van der Waals surface area contributed by atoms with Gasteiger partial charge in [-0.05, 0) is 12.0 Å². The molecule has 3 rings (SSSR count). The summed E-state index contributed by atoms with van der Waals surface area (Å²) in [5.74, 6) is -0.834. The van der Waals surface area contributed by atoms with Crippen LogP contribution in [0.2, 0.25) is 0 Å². The Hall–Kier alpha value is -1.92. The van der Waals surface area contributed by atoms with Crippen LogP contribution in [0.4, 0.5) is 0 Å². The van der Waals surface area contributed by atoms with Crippen LogP contribution < -0.4 is 5.32 Å². The van der Waals surface area contributed by atoms with Crippen LogP contribution in [-0.4, -0.2) is 55.3 Å². The molecule has 130 valence electrons. The molecule has 2 fully saturated rings. The number of rotatable bonds is 5. The van der Waals surface area contributed by atoms with Crippen molar-refractivity contribution in [1.82, 2.24) is 10.2 Å². The first-order valence-corrected chi connectivity index (χ1v) is 8.53. The molecule has 0 bridgehead atoms. The third kappa shape index (κ3) is 4.33. The van der Waals surface area contributed by atoms with Crippen LogP contribution in [0.3, 0.4) is 0 Å². The maximum atomic E-state index is 12.2. The highest BCUT2D eigenvalue weighted by Gasteiger charge is 2.40. The van der Waals surface area contributed by atoms with E-state index >= 15 is 0 Å². The Balaban J connectivity index is 1.36. The molecule has 0 saturated carbocycles. The van der Waals surface area contributed by atoms with E-state index in [-0.39, 0.29) is 18.2 Å². The van der Waals surface area contributed by atoms with E-state index in [1.54, 1.807) is 4.90 Å². The number of benzene rings is 1. The van der Waals surface area contributed by atoms with Crippen molar-refractivity contribution < 1.29 is 19.1 Å².